The van der Waals surface area contributed by atoms with Crippen molar-refractivity contribution in [2.45, 2.75) is 57.7 Å². The summed E-state index contributed by atoms with van der Waals surface area (Å²) in [5.41, 5.74) is -2.39. The Morgan fingerprint density at radius 1 is 1.22 bits per heavy atom. The molecule has 1 fully saturated rings. The van der Waals surface area contributed by atoms with Gasteiger partial charge in [-0.25, -0.2) is 9.18 Å². The van der Waals surface area contributed by atoms with E-state index >= 15 is 0 Å². The van der Waals surface area contributed by atoms with E-state index in [9.17, 15) is 27.2 Å². The van der Waals surface area contributed by atoms with Gasteiger partial charge in [0.1, 0.15) is 11.9 Å². The SMILES string of the molecule is CCCCCCOC(=O)C1CCCN1C(=O)c1c(F)cccc1C(F)(F)F. The fraction of sp³-hybridized carbons (Fsp3) is 0.579. The van der Waals surface area contributed by atoms with Crippen molar-refractivity contribution < 1.29 is 31.9 Å². The predicted octanol–water partition coefficient (Wildman–Crippen LogP) is 4.57. The minimum Gasteiger partial charge on any atom is -0.464 e. The molecule has 1 unspecified atom stereocenters. The quantitative estimate of drug-likeness (QED) is 0.390. The molecule has 1 aromatic carbocycles. The van der Waals surface area contributed by atoms with Gasteiger partial charge in [0.2, 0.25) is 0 Å². The van der Waals surface area contributed by atoms with Crippen molar-refractivity contribution in [2.75, 3.05) is 13.2 Å². The van der Waals surface area contributed by atoms with E-state index in [2.05, 4.69) is 0 Å². The van der Waals surface area contributed by atoms with Gasteiger partial charge >= 0.3 is 12.1 Å². The molecule has 2 rings (SSSR count). The first kappa shape index (κ1) is 21.2. The summed E-state index contributed by atoms with van der Waals surface area (Å²) >= 11 is 0. The molecule has 0 aliphatic carbocycles. The first-order valence-corrected chi connectivity index (χ1v) is 9.10. The topological polar surface area (TPSA) is 46.6 Å². The van der Waals surface area contributed by atoms with E-state index in [1.807, 2.05) is 6.92 Å². The van der Waals surface area contributed by atoms with Crippen molar-refractivity contribution in [3.8, 4) is 0 Å². The highest BCUT2D eigenvalue weighted by Crippen LogP contribution is 2.34. The van der Waals surface area contributed by atoms with Crippen molar-refractivity contribution in [3.05, 3.63) is 35.1 Å². The van der Waals surface area contributed by atoms with E-state index in [1.54, 1.807) is 0 Å². The number of nitrogens with zero attached hydrogens (tertiary/aromatic N) is 1. The van der Waals surface area contributed by atoms with Crippen LogP contribution >= 0.6 is 0 Å². The van der Waals surface area contributed by atoms with Gasteiger partial charge < -0.3 is 9.64 Å². The zero-order valence-corrected chi connectivity index (χ0v) is 15.2. The highest BCUT2D eigenvalue weighted by Gasteiger charge is 2.42. The number of halogens is 4. The van der Waals surface area contributed by atoms with Crippen LogP contribution in [0.3, 0.4) is 0 Å². The summed E-state index contributed by atoms with van der Waals surface area (Å²) in [6.45, 7) is 2.33. The van der Waals surface area contributed by atoms with E-state index in [-0.39, 0.29) is 19.6 Å². The fourth-order valence-electron chi connectivity index (χ4n) is 3.17. The molecule has 0 spiro atoms. The van der Waals surface area contributed by atoms with Crippen LogP contribution in [-0.4, -0.2) is 36.0 Å². The minimum atomic E-state index is -4.87. The first-order chi connectivity index (χ1) is 12.8. The molecule has 1 saturated heterocycles. The molecule has 0 N–H and O–H groups in total. The van der Waals surface area contributed by atoms with Crippen LogP contribution in [0.1, 0.15) is 61.4 Å². The van der Waals surface area contributed by atoms with Gasteiger partial charge in [-0.2, -0.15) is 13.2 Å². The van der Waals surface area contributed by atoms with Crippen LogP contribution in [-0.2, 0) is 15.7 Å². The van der Waals surface area contributed by atoms with E-state index in [0.29, 0.717) is 18.9 Å². The number of benzene rings is 1. The third-order valence-electron chi connectivity index (χ3n) is 4.56. The maximum Gasteiger partial charge on any atom is 0.417 e. The number of carbonyl (C=O) groups is 2. The van der Waals surface area contributed by atoms with Crippen molar-refractivity contribution in [3.63, 3.8) is 0 Å². The molecule has 1 atom stereocenters. The maximum atomic E-state index is 14.1. The minimum absolute atomic E-state index is 0.0834. The van der Waals surface area contributed by atoms with Gasteiger partial charge in [-0.05, 0) is 31.4 Å². The average molecular weight is 389 g/mol. The Bertz CT molecular complexity index is 675. The Labute approximate surface area is 155 Å². The lowest BCUT2D eigenvalue weighted by atomic mass is 10.0. The van der Waals surface area contributed by atoms with Gasteiger partial charge in [0, 0.05) is 6.54 Å². The second-order valence-corrected chi connectivity index (χ2v) is 6.54. The molecule has 1 aromatic rings. The molecule has 1 aliphatic rings. The highest BCUT2D eigenvalue weighted by molar-refractivity contribution is 5.98. The fourth-order valence-corrected chi connectivity index (χ4v) is 3.17. The smallest absolute Gasteiger partial charge is 0.417 e. The number of hydrogen-bond donors (Lipinski definition) is 0. The largest absolute Gasteiger partial charge is 0.464 e. The van der Waals surface area contributed by atoms with Gasteiger partial charge in [0.15, 0.2) is 0 Å². The molecular formula is C19H23F4NO3. The summed E-state index contributed by atoms with van der Waals surface area (Å²) in [6, 6.07) is 1.39. The standard InChI is InChI=1S/C19H23F4NO3/c1-2-3-4-5-12-27-18(26)15-10-7-11-24(15)17(25)16-13(19(21,22)23)8-6-9-14(16)20/h6,8-9,15H,2-5,7,10-12H2,1H3. The Hall–Kier alpha value is -2.12. The second kappa shape index (κ2) is 9.19. The number of likely N-dealkylation sites (tertiary alicyclic amines) is 1. The first-order valence-electron chi connectivity index (χ1n) is 9.10. The van der Waals surface area contributed by atoms with Crippen LogP contribution in [0.15, 0.2) is 18.2 Å². The van der Waals surface area contributed by atoms with Crippen LogP contribution in [0.2, 0.25) is 0 Å². The lowest BCUT2D eigenvalue weighted by Crippen LogP contribution is -2.42. The molecule has 4 nitrogen and oxygen atoms in total. The molecule has 0 saturated carbocycles. The van der Waals surface area contributed by atoms with Crippen LogP contribution in [0.25, 0.3) is 0 Å². The number of alkyl halides is 3. The third kappa shape index (κ3) is 5.20. The molecule has 1 heterocycles. The Kier molecular flexibility index (Phi) is 7.21. The zero-order valence-electron chi connectivity index (χ0n) is 15.2. The Balaban J connectivity index is 2.13. The lowest BCUT2D eigenvalue weighted by Gasteiger charge is -2.25. The van der Waals surface area contributed by atoms with Crippen molar-refractivity contribution in [1.29, 1.82) is 0 Å². The Morgan fingerprint density at radius 3 is 2.63 bits per heavy atom. The number of esters is 1. The summed E-state index contributed by atoms with van der Waals surface area (Å²) in [4.78, 5) is 25.9. The highest BCUT2D eigenvalue weighted by atomic mass is 19.4. The average Bonchev–Trinajstić information content (AvgIpc) is 3.09. The predicted molar refractivity (Wildman–Crippen MR) is 90.6 cm³/mol. The van der Waals surface area contributed by atoms with Gasteiger partial charge in [-0.1, -0.05) is 32.3 Å². The number of carbonyl (C=O) groups excluding carboxylic acids is 2. The van der Waals surface area contributed by atoms with E-state index in [0.717, 1.165) is 36.3 Å². The van der Waals surface area contributed by atoms with Crippen LogP contribution in [0, 0.1) is 5.82 Å². The molecule has 8 heteroatoms. The Morgan fingerprint density at radius 2 is 1.96 bits per heavy atom. The van der Waals surface area contributed by atoms with Gasteiger partial charge in [-0.3, -0.25) is 4.79 Å². The second-order valence-electron chi connectivity index (χ2n) is 6.54. The van der Waals surface area contributed by atoms with Crippen LogP contribution in [0.4, 0.5) is 17.6 Å². The molecule has 1 amide bonds. The number of hydrogen-bond acceptors (Lipinski definition) is 3. The summed E-state index contributed by atoms with van der Waals surface area (Å²) in [6.07, 6.45) is -0.510. The van der Waals surface area contributed by atoms with E-state index < -0.39 is 41.0 Å². The number of unbranched alkanes of at least 4 members (excludes halogenated alkanes) is 3. The zero-order chi connectivity index (χ0) is 20.0. The summed E-state index contributed by atoms with van der Waals surface area (Å²) < 4.78 is 58.7. The van der Waals surface area contributed by atoms with E-state index in [1.165, 1.54) is 0 Å². The maximum absolute atomic E-state index is 14.1. The van der Waals surface area contributed by atoms with E-state index in [4.69, 9.17) is 4.74 Å². The number of amides is 1. The summed E-state index contributed by atoms with van der Waals surface area (Å²) in [5.74, 6) is -3.04. The van der Waals surface area contributed by atoms with Crippen molar-refractivity contribution in [2.24, 2.45) is 0 Å². The third-order valence-corrected chi connectivity index (χ3v) is 4.56. The van der Waals surface area contributed by atoms with Gasteiger partial charge in [-0.15, -0.1) is 0 Å². The molecule has 27 heavy (non-hydrogen) atoms. The molecular weight excluding hydrogens is 366 g/mol. The van der Waals surface area contributed by atoms with Crippen LogP contribution < -0.4 is 0 Å². The molecule has 0 bridgehead atoms. The summed E-state index contributed by atoms with van der Waals surface area (Å²) in [5, 5.41) is 0. The molecule has 1 aliphatic heterocycles. The lowest BCUT2D eigenvalue weighted by molar-refractivity contribution is -0.148. The van der Waals surface area contributed by atoms with Gasteiger partial charge in [0.25, 0.3) is 5.91 Å². The molecule has 150 valence electrons. The summed E-state index contributed by atoms with van der Waals surface area (Å²) in [7, 11) is 0. The van der Waals surface area contributed by atoms with Gasteiger partial charge in [0.05, 0.1) is 17.7 Å². The van der Waals surface area contributed by atoms with Crippen molar-refractivity contribution >= 4 is 11.9 Å². The number of ether oxygens (including phenoxy) is 1. The van der Waals surface area contributed by atoms with Crippen LogP contribution in [0.5, 0.6) is 0 Å². The molecule has 0 radical (unpaired) electrons. The van der Waals surface area contributed by atoms with Crippen molar-refractivity contribution in [1.82, 2.24) is 4.90 Å². The monoisotopic (exact) mass is 389 g/mol. The normalized spacial score (nSPS) is 17.2. The number of rotatable bonds is 7. The molecule has 0 aromatic heterocycles.